The van der Waals surface area contributed by atoms with Crippen molar-refractivity contribution in [3.63, 3.8) is 0 Å². The molecule has 122 valence electrons. The molecule has 3 rings (SSSR count). The second kappa shape index (κ2) is 6.13. The maximum absolute atomic E-state index is 5.97. The van der Waals surface area contributed by atoms with Crippen LogP contribution in [0.15, 0.2) is 18.9 Å². The van der Waals surface area contributed by atoms with Crippen LogP contribution in [0.4, 0.5) is 0 Å². The number of hydrogen-bond donors (Lipinski definition) is 1. The maximum Gasteiger partial charge on any atom is 0.0965 e. The minimum absolute atomic E-state index is 0.0733. The molecular formula is C17H28N4O. The van der Waals surface area contributed by atoms with Gasteiger partial charge in [0.25, 0.3) is 0 Å². The Morgan fingerprint density at radius 1 is 1.45 bits per heavy atom. The van der Waals surface area contributed by atoms with Crippen molar-refractivity contribution in [3.8, 4) is 0 Å². The topological polar surface area (TPSA) is 52.0 Å². The molecule has 0 radical (unpaired) electrons. The van der Waals surface area contributed by atoms with Crippen LogP contribution in [-0.2, 0) is 17.8 Å². The number of nitrogens with one attached hydrogen (secondary N) is 1. The standard InChI is InChI=1S/C17H28N4O/c1-4-9-21-11-15(19-20-21)10-18-14-5-7-17(8-6-14)12-16(2,3)22-13-17/h4,11,14,18H,1,5-10,12-13H2,2-3H3. The molecule has 1 aliphatic carbocycles. The Hall–Kier alpha value is -1.20. The lowest BCUT2D eigenvalue weighted by Crippen LogP contribution is -2.38. The van der Waals surface area contributed by atoms with E-state index < -0.39 is 0 Å². The first-order chi connectivity index (χ1) is 10.5. The van der Waals surface area contributed by atoms with Crippen molar-refractivity contribution in [1.29, 1.82) is 0 Å². The summed E-state index contributed by atoms with van der Waals surface area (Å²) in [5, 5.41) is 11.9. The van der Waals surface area contributed by atoms with Gasteiger partial charge in [-0.1, -0.05) is 11.3 Å². The smallest absolute Gasteiger partial charge is 0.0965 e. The highest BCUT2D eigenvalue weighted by Gasteiger charge is 2.45. The summed E-state index contributed by atoms with van der Waals surface area (Å²) in [5.74, 6) is 0. The molecule has 22 heavy (non-hydrogen) atoms. The van der Waals surface area contributed by atoms with Crippen LogP contribution >= 0.6 is 0 Å². The number of rotatable bonds is 5. The van der Waals surface area contributed by atoms with Crippen molar-refractivity contribution in [2.45, 2.75) is 70.7 Å². The fourth-order valence-electron chi connectivity index (χ4n) is 4.00. The molecule has 1 aliphatic heterocycles. The van der Waals surface area contributed by atoms with Gasteiger partial charge < -0.3 is 10.1 Å². The van der Waals surface area contributed by atoms with E-state index in [2.05, 4.69) is 36.1 Å². The molecule has 2 heterocycles. The molecule has 1 spiro atoms. The normalized spacial score (nSPS) is 30.7. The Balaban J connectivity index is 1.45. The van der Waals surface area contributed by atoms with Crippen molar-refractivity contribution in [2.24, 2.45) is 5.41 Å². The second-order valence-corrected chi connectivity index (χ2v) is 7.60. The molecule has 0 atom stereocenters. The first-order valence-corrected chi connectivity index (χ1v) is 8.38. The second-order valence-electron chi connectivity index (χ2n) is 7.60. The van der Waals surface area contributed by atoms with Crippen LogP contribution in [0.25, 0.3) is 0 Å². The van der Waals surface area contributed by atoms with Gasteiger partial charge in [0.1, 0.15) is 0 Å². The highest BCUT2D eigenvalue weighted by atomic mass is 16.5. The summed E-state index contributed by atoms with van der Waals surface area (Å²) in [6.07, 6.45) is 10.1. The lowest BCUT2D eigenvalue weighted by Gasteiger charge is -2.37. The predicted octanol–water partition coefficient (Wildman–Crippen LogP) is 2.68. The molecule has 0 amide bonds. The maximum atomic E-state index is 5.97. The monoisotopic (exact) mass is 304 g/mol. The van der Waals surface area contributed by atoms with Crippen LogP contribution in [-0.4, -0.2) is 33.2 Å². The van der Waals surface area contributed by atoms with E-state index >= 15 is 0 Å². The fourth-order valence-corrected chi connectivity index (χ4v) is 4.00. The van der Waals surface area contributed by atoms with Crippen LogP contribution in [0.1, 0.15) is 51.6 Å². The van der Waals surface area contributed by atoms with Gasteiger partial charge in [0.2, 0.25) is 0 Å². The van der Waals surface area contributed by atoms with Gasteiger partial charge in [-0.05, 0) is 51.4 Å². The third kappa shape index (κ3) is 3.58. The van der Waals surface area contributed by atoms with Gasteiger partial charge in [0.15, 0.2) is 0 Å². The first-order valence-electron chi connectivity index (χ1n) is 8.38. The van der Waals surface area contributed by atoms with Gasteiger partial charge >= 0.3 is 0 Å². The van der Waals surface area contributed by atoms with E-state index in [1.807, 2.05) is 17.0 Å². The fraction of sp³-hybridized carbons (Fsp3) is 0.765. The zero-order valence-corrected chi connectivity index (χ0v) is 13.8. The number of allylic oxidation sites excluding steroid dienone is 1. The zero-order chi connectivity index (χ0) is 15.6. The summed E-state index contributed by atoms with van der Waals surface area (Å²) >= 11 is 0. The minimum Gasteiger partial charge on any atom is -0.375 e. The quantitative estimate of drug-likeness (QED) is 0.850. The Bertz CT molecular complexity index is 514. The molecule has 1 aromatic heterocycles. The lowest BCUT2D eigenvalue weighted by molar-refractivity contribution is 0.0277. The number of hydrogen-bond acceptors (Lipinski definition) is 4. The summed E-state index contributed by atoms with van der Waals surface area (Å²) in [4.78, 5) is 0. The van der Waals surface area contributed by atoms with Crippen LogP contribution in [0.2, 0.25) is 0 Å². The summed E-state index contributed by atoms with van der Waals surface area (Å²) in [5.41, 5.74) is 1.52. The third-order valence-corrected chi connectivity index (χ3v) is 5.09. The van der Waals surface area contributed by atoms with Gasteiger partial charge in [-0.15, -0.1) is 11.7 Å². The van der Waals surface area contributed by atoms with Crippen molar-refractivity contribution in [2.75, 3.05) is 6.61 Å². The van der Waals surface area contributed by atoms with Gasteiger partial charge in [-0.3, -0.25) is 0 Å². The highest BCUT2D eigenvalue weighted by molar-refractivity contribution is 4.98. The van der Waals surface area contributed by atoms with E-state index in [4.69, 9.17) is 4.74 Å². The van der Waals surface area contributed by atoms with E-state index in [-0.39, 0.29) is 5.60 Å². The van der Waals surface area contributed by atoms with Crippen molar-refractivity contribution >= 4 is 0 Å². The number of aromatic nitrogens is 3. The Morgan fingerprint density at radius 3 is 2.86 bits per heavy atom. The molecule has 0 unspecified atom stereocenters. The van der Waals surface area contributed by atoms with E-state index in [9.17, 15) is 0 Å². The van der Waals surface area contributed by atoms with E-state index in [1.165, 1.54) is 32.1 Å². The van der Waals surface area contributed by atoms with Crippen LogP contribution in [0.3, 0.4) is 0 Å². The average Bonchev–Trinajstić information content (AvgIpc) is 3.04. The molecule has 1 aromatic rings. The molecule has 2 fully saturated rings. The zero-order valence-electron chi connectivity index (χ0n) is 13.8. The molecule has 1 N–H and O–H groups in total. The van der Waals surface area contributed by atoms with Crippen LogP contribution < -0.4 is 5.32 Å². The molecule has 1 saturated heterocycles. The molecule has 1 saturated carbocycles. The van der Waals surface area contributed by atoms with Crippen molar-refractivity contribution in [1.82, 2.24) is 20.3 Å². The summed E-state index contributed by atoms with van der Waals surface area (Å²) in [7, 11) is 0. The summed E-state index contributed by atoms with van der Waals surface area (Å²) in [6, 6.07) is 0.596. The highest BCUT2D eigenvalue weighted by Crippen LogP contribution is 2.48. The van der Waals surface area contributed by atoms with Gasteiger partial charge in [0, 0.05) is 12.6 Å². The number of nitrogens with zero attached hydrogens (tertiary/aromatic N) is 3. The largest absolute Gasteiger partial charge is 0.375 e. The molecule has 2 aliphatic rings. The SMILES string of the molecule is C=CCn1cc(CNC2CCC3(CC2)COC(C)(C)C3)nn1. The number of ether oxygens (including phenoxy) is 1. The summed E-state index contributed by atoms with van der Waals surface area (Å²) < 4.78 is 7.79. The van der Waals surface area contributed by atoms with Gasteiger partial charge in [0.05, 0.1) is 30.6 Å². The molecular weight excluding hydrogens is 276 g/mol. The molecule has 0 aromatic carbocycles. The minimum atomic E-state index is 0.0733. The Kier molecular flexibility index (Phi) is 4.37. The van der Waals surface area contributed by atoms with Crippen molar-refractivity contribution < 1.29 is 4.74 Å². The van der Waals surface area contributed by atoms with Crippen LogP contribution in [0.5, 0.6) is 0 Å². The van der Waals surface area contributed by atoms with Gasteiger partial charge in [-0.2, -0.15) is 0 Å². The summed E-state index contributed by atoms with van der Waals surface area (Å²) in [6.45, 7) is 10.6. The average molecular weight is 304 g/mol. The first kappa shape index (κ1) is 15.7. The Labute approximate surface area is 133 Å². The molecule has 5 heteroatoms. The van der Waals surface area contributed by atoms with Gasteiger partial charge in [-0.25, -0.2) is 4.68 Å². The van der Waals surface area contributed by atoms with Crippen LogP contribution in [0, 0.1) is 5.41 Å². The predicted molar refractivity (Wildman–Crippen MR) is 86.4 cm³/mol. The molecule has 5 nitrogen and oxygen atoms in total. The van der Waals surface area contributed by atoms with E-state index in [0.29, 0.717) is 18.0 Å². The van der Waals surface area contributed by atoms with E-state index in [0.717, 1.165) is 18.8 Å². The lowest BCUT2D eigenvalue weighted by atomic mass is 9.70. The van der Waals surface area contributed by atoms with E-state index in [1.54, 1.807) is 0 Å². The van der Waals surface area contributed by atoms with Crippen molar-refractivity contribution in [3.05, 3.63) is 24.5 Å². The molecule has 0 bridgehead atoms. The third-order valence-electron chi connectivity index (χ3n) is 5.09. The Morgan fingerprint density at radius 2 is 2.23 bits per heavy atom.